The fraction of sp³-hybridized carbons (Fsp3) is 0.571. The standard InChI is InChI=1S/C14H18F2O/c1-13(2)5-7-14(17,8-6-13)10-3-4-11(15)12(16)9-10/h3-4,9,17H,5-8H2,1-2H3. The number of hydrogen-bond donors (Lipinski definition) is 1. The van der Waals surface area contributed by atoms with Crippen LogP contribution < -0.4 is 0 Å². The van der Waals surface area contributed by atoms with Crippen LogP contribution >= 0.6 is 0 Å². The summed E-state index contributed by atoms with van der Waals surface area (Å²) >= 11 is 0. The Labute approximate surface area is 100 Å². The van der Waals surface area contributed by atoms with Crippen molar-refractivity contribution in [1.29, 1.82) is 0 Å². The summed E-state index contributed by atoms with van der Waals surface area (Å²) in [6, 6.07) is 3.69. The van der Waals surface area contributed by atoms with Gasteiger partial charge in [-0.2, -0.15) is 0 Å². The highest BCUT2D eigenvalue weighted by Gasteiger charge is 2.38. The third-order valence-electron chi connectivity index (χ3n) is 3.89. The molecule has 3 heteroatoms. The van der Waals surface area contributed by atoms with E-state index in [1.165, 1.54) is 6.07 Å². The first-order valence-electron chi connectivity index (χ1n) is 6.00. The fourth-order valence-electron chi connectivity index (χ4n) is 2.41. The summed E-state index contributed by atoms with van der Waals surface area (Å²) < 4.78 is 26.0. The Kier molecular flexibility index (Phi) is 2.98. The zero-order valence-corrected chi connectivity index (χ0v) is 10.3. The van der Waals surface area contributed by atoms with Crippen molar-refractivity contribution < 1.29 is 13.9 Å². The predicted octanol–water partition coefficient (Wildman–Crippen LogP) is 3.75. The van der Waals surface area contributed by atoms with Crippen LogP contribution in [0.25, 0.3) is 0 Å². The molecule has 0 saturated heterocycles. The summed E-state index contributed by atoms with van der Waals surface area (Å²) in [5, 5.41) is 10.5. The van der Waals surface area contributed by atoms with Gasteiger partial charge in [0.2, 0.25) is 0 Å². The SMILES string of the molecule is CC1(C)CCC(O)(c2ccc(F)c(F)c2)CC1. The molecular formula is C14H18F2O. The monoisotopic (exact) mass is 240 g/mol. The van der Waals surface area contributed by atoms with Gasteiger partial charge in [-0.25, -0.2) is 8.78 Å². The molecule has 2 rings (SSSR count). The highest BCUT2D eigenvalue weighted by molar-refractivity contribution is 5.25. The second-order valence-corrected chi connectivity index (χ2v) is 5.82. The van der Waals surface area contributed by atoms with Gasteiger partial charge in [-0.3, -0.25) is 0 Å². The van der Waals surface area contributed by atoms with E-state index >= 15 is 0 Å². The number of aliphatic hydroxyl groups is 1. The molecular weight excluding hydrogens is 222 g/mol. The molecule has 1 aromatic rings. The number of halogens is 2. The minimum atomic E-state index is -0.996. The van der Waals surface area contributed by atoms with Crippen LogP contribution in [0.3, 0.4) is 0 Å². The van der Waals surface area contributed by atoms with E-state index in [0.717, 1.165) is 25.0 Å². The summed E-state index contributed by atoms with van der Waals surface area (Å²) in [6.45, 7) is 4.33. The van der Waals surface area contributed by atoms with E-state index in [4.69, 9.17) is 0 Å². The molecule has 0 heterocycles. The molecule has 0 radical (unpaired) electrons. The van der Waals surface area contributed by atoms with Gasteiger partial charge in [0.25, 0.3) is 0 Å². The molecule has 94 valence electrons. The highest BCUT2D eigenvalue weighted by atomic mass is 19.2. The lowest BCUT2D eigenvalue weighted by Gasteiger charge is -2.40. The maximum absolute atomic E-state index is 13.2. The molecule has 0 bridgehead atoms. The van der Waals surface area contributed by atoms with Gasteiger partial charge in [-0.05, 0) is 48.8 Å². The van der Waals surface area contributed by atoms with Crippen molar-refractivity contribution in [3.05, 3.63) is 35.4 Å². The molecule has 17 heavy (non-hydrogen) atoms. The van der Waals surface area contributed by atoms with Crippen LogP contribution in [-0.4, -0.2) is 5.11 Å². The Balaban J connectivity index is 2.24. The number of hydrogen-bond acceptors (Lipinski definition) is 1. The van der Waals surface area contributed by atoms with E-state index in [-0.39, 0.29) is 5.41 Å². The Morgan fingerprint density at radius 1 is 1.00 bits per heavy atom. The maximum atomic E-state index is 13.2. The number of rotatable bonds is 1. The van der Waals surface area contributed by atoms with E-state index in [1.807, 2.05) is 0 Å². The zero-order chi connectivity index (χ0) is 12.7. The third kappa shape index (κ3) is 2.49. The largest absolute Gasteiger partial charge is 0.385 e. The summed E-state index contributed by atoms with van der Waals surface area (Å²) in [7, 11) is 0. The fourth-order valence-corrected chi connectivity index (χ4v) is 2.41. The van der Waals surface area contributed by atoms with Crippen LogP contribution in [-0.2, 0) is 5.60 Å². The van der Waals surface area contributed by atoms with Gasteiger partial charge >= 0.3 is 0 Å². The van der Waals surface area contributed by atoms with Gasteiger partial charge < -0.3 is 5.11 Å². The lowest BCUT2D eigenvalue weighted by molar-refractivity contribution is -0.0308. The molecule has 1 aromatic carbocycles. The minimum absolute atomic E-state index is 0.227. The Hall–Kier alpha value is -0.960. The van der Waals surface area contributed by atoms with Crippen molar-refractivity contribution in [1.82, 2.24) is 0 Å². The summed E-state index contributed by atoms with van der Waals surface area (Å²) in [5.41, 5.74) is -0.276. The van der Waals surface area contributed by atoms with Gasteiger partial charge in [0, 0.05) is 0 Å². The average molecular weight is 240 g/mol. The van der Waals surface area contributed by atoms with Gasteiger partial charge in [-0.15, -0.1) is 0 Å². The minimum Gasteiger partial charge on any atom is -0.385 e. The first kappa shape index (κ1) is 12.5. The van der Waals surface area contributed by atoms with E-state index in [2.05, 4.69) is 13.8 Å². The lowest BCUT2D eigenvalue weighted by Crippen LogP contribution is -2.34. The molecule has 1 N–H and O–H groups in total. The van der Waals surface area contributed by atoms with E-state index < -0.39 is 17.2 Å². The van der Waals surface area contributed by atoms with Gasteiger partial charge in [0.1, 0.15) is 0 Å². The molecule has 1 fully saturated rings. The smallest absolute Gasteiger partial charge is 0.159 e. The molecule has 0 unspecified atom stereocenters. The highest BCUT2D eigenvalue weighted by Crippen LogP contribution is 2.45. The summed E-state index contributed by atoms with van der Waals surface area (Å²) in [4.78, 5) is 0. The lowest BCUT2D eigenvalue weighted by atomic mass is 9.69. The molecule has 0 aliphatic heterocycles. The average Bonchev–Trinajstić information content (AvgIpc) is 2.27. The molecule has 0 spiro atoms. The molecule has 0 atom stereocenters. The molecule has 1 saturated carbocycles. The van der Waals surface area contributed by atoms with Crippen molar-refractivity contribution in [2.45, 2.75) is 45.1 Å². The first-order chi connectivity index (χ1) is 7.82. The van der Waals surface area contributed by atoms with E-state index in [9.17, 15) is 13.9 Å². The van der Waals surface area contributed by atoms with Crippen LogP contribution in [0.1, 0.15) is 45.1 Å². The predicted molar refractivity (Wildman–Crippen MR) is 62.5 cm³/mol. The molecule has 0 amide bonds. The third-order valence-corrected chi connectivity index (χ3v) is 3.89. The van der Waals surface area contributed by atoms with Gasteiger partial charge in [0.15, 0.2) is 11.6 Å². The Morgan fingerprint density at radius 2 is 1.59 bits per heavy atom. The van der Waals surface area contributed by atoms with E-state index in [1.54, 1.807) is 0 Å². The van der Waals surface area contributed by atoms with Crippen LogP contribution in [0.5, 0.6) is 0 Å². The molecule has 1 nitrogen and oxygen atoms in total. The van der Waals surface area contributed by atoms with Gasteiger partial charge in [0.05, 0.1) is 5.60 Å². The van der Waals surface area contributed by atoms with Crippen molar-refractivity contribution in [3.8, 4) is 0 Å². The first-order valence-corrected chi connectivity index (χ1v) is 6.00. The molecule has 1 aliphatic carbocycles. The Bertz CT molecular complexity index is 416. The van der Waals surface area contributed by atoms with Crippen molar-refractivity contribution in [2.75, 3.05) is 0 Å². The summed E-state index contributed by atoms with van der Waals surface area (Å²) in [6.07, 6.45) is 2.99. The van der Waals surface area contributed by atoms with Crippen LogP contribution in [0.2, 0.25) is 0 Å². The van der Waals surface area contributed by atoms with Crippen LogP contribution in [0.4, 0.5) is 8.78 Å². The van der Waals surface area contributed by atoms with Gasteiger partial charge in [-0.1, -0.05) is 19.9 Å². The van der Waals surface area contributed by atoms with Crippen molar-refractivity contribution in [3.63, 3.8) is 0 Å². The maximum Gasteiger partial charge on any atom is 0.159 e. The number of benzene rings is 1. The van der Waals surface area contributed by atoms with Crippen molar-refractivity contribution in [2.24, 2.45) is 5.41 Å². The quantitative estimate of drug-likeness (QED) is 0.792. The topological polar surface area (TPSA) is 20.2 Å². The Morgan fingerprint density at radius 3 is 2.12 bits per heavy atom. The van der Waals surface area contributed by atoms with Crippen LogP contribution in [0, 0.1) is 17.0 Å². The second kappa shape index (κ2) is 4.05. The molecule has 1 aliphatic rings. The molecule has 0 aromatic heterocycles. The normalized spacial score (nSPS) is 22.4. The van der Waals surface area contributed by atoms with Crippen LogP contribution in [0.15, 0.2) is 18.2 Å². The zero-order valence-electron chi connectivity index (χ0n) is 10.3. The second-order valence-electron chi connectivity index (χ2n) is 5.82. The van der Waals surface area contributed by atoms with E-state index in [0.29, 0.717) is 18.4 Å². The van der Waals surface area contributed by atoms with Crippen molar-refractivity contribution >= 4 is 0 Å². The summed E-state index contributed by atoms with van der Waals surface area (Å²) in [5.74, 6) is -1.76.